The summed E-state index contributed by atoms with van der Waals surface area (Å²) in [4.78, 5) is 23.2. The second-order valence-corrected chi connectivity index (χ2v) is 10.1. The summed E-state index contributed by atoms with van der Waals surface area (Å²) in [5, 5.41) is 1.34. The summed E-state index contributed by atoms with van der Waals surface area (Å²) in [6.07, 6.45) is 0.871. The minimum Gasteiger partial charge on any atom is -0.298 e. The van der Waals surface area contributed by atoms with Gasteiger partial charge in [-0.3, -0.25) is 14.3 Å². The van der Waals surface area contributed by atoms with E-state index in [-0.39, 0.29) is 11.4 Å². The molecule has 0 fully saturated rings. The van der Waals surface area contributed by atoms with Crippen molar-refractivity contribution in [2.75, 3.05) is 13.1 Å². The van der Waals surface area contributed by atoms with Gasteiger partial charge in [0.2, 0.25) is 0 Å². The molecule has 0 saturated carbocycles. The van der Waals surface area contributed by atoms with Gasteiger partial charge in [0.15, 0.2) is 5.16 Å². The summed E-state index contributed by atoms with van der Waals surface area (Å²) in [6.45, 7) is 7.02. The van der Waals surface area contributed by atoms with Gasteiger partial charge in [0.05, 0.1) is 11.1 Å². The first-order valence-corrected chi connectivity index (χ1v) is 12.6. The molecule has 2 aromatic carbocycles. The summed E-state index contributed by atoms with van der Waals surface area (Å²) >= 11 is 3.03. The number of hydrogen-bond acceptors (Lipinski definition) is 5. The Labute approximate surface area is 194 Å². The van der Waals surface area contributed by atoms with Crippen LogP contribution in [0.2, 0.25) is 0 Å². The lowest BCUT2D eigenvalue weighted by atomic mass is 10.1. The molecule has 164 valence electrons. The molecule has 0 bridgehead atoms. The summed E-state index contributed by atoms with van der Waals surface area (Å²) in [5.74, 6) is 0.169. The molecule has 0 radical (unpaired) electrons. The Morgan fingerprint density at radius 1 is 1.16 bits per heavy atom. The first kappa shape index (κ1) is 21.4. The molecule has 1 aliphatic rings. The van der Waals surface area contributed by atoms with Crippen molar-refractivity contribution in [1.29, 1.82) is 0 Å². The van der Waals surface area contributed by atoms with Crippen LogP contribution < -0.4 is 5.56 Å². The molecule has 7 heteroatoms. The van der Waals surface area contributed by atoms with Crippen molar-refractivity contribution >= 4 is 33.3 Å². The largest absolute Gasteiger partial charge is 0.298 e. The van der Waals surface area contributed by atoms with Crippen molar-refractivity contribution in [2.45, 2.75) is 37.7 Å². The number of hydrogen-bond donors (Lipinski definition) is 0. The molecule has 2 aromatic heterocycles. The molecule has 0 amide bonds. The second-order valence-electron chi connectivity index (χ2n) is 8.05. The van der Waals surface area contributed by atoms with Crippen LogP contribution in [0, 0.1) is 12.7 Å². The summed E-state index contributed by atoms with van der Waals surface area (Å²) in [7, 11) is 0. The predicted molar refractivity (Wildman–Crippen MR) is 131 cm³/mol. The van der Waals surface area contributed by atoms with E-state index < -0.39 is 0 Å². The van der Waals surface area contributed by atoms with E-state index in [1.807, 2.05) is 37.3 Å². The molecule has 0 saturated heterocycles. The Morgan fingerprint density at radius 2 is 1.94 bits per heavy atom. The molecule has 0 spiro atoms. The van der Waals surface area contributed by atoms with Crippen molar-refractivity contribution in [1.82, 2.24) is 14.5 Å². The number of benzene rings is 2. The van der Waals surface area contributed by atoms with Gasteiger partial charge in [-0.1, -0.05) is 54.6 Å². The van der Waals surface area contributed by atoms with Crippen molar-refractivity contribution in [3.8, 4) is 5.69 Å². The van der Waals surface area contributed by atoms with E-state index in [4.69, 9.17) is 4.98 Å². The van der Waals surface area contributed by atoms with Gasteiger partial charge >= 0.3 is 0 Å². The molecule has 5 rings (SSSR count). The fraction of sp³-hybridized carbons (Fsp3) is 0.280. The van der Waals surface area contributed by atoms with Crippen LogP contribution in [0.1, 0.15) is 28.5 Å². The Hall–Kier alpha value is -2.48. The van der Waals surface area contributed by atoms with Crippen molar-refractivity contribution in [3.05, 3.63) is 86.3 Å². The zero-order valence-electron chi connectivity index (χ0n) is 18.1. The Morgan fingerprint density at radius 3 is 2.69 bits per heavy atom. The number of aromatic nitrogens is 2. The van der Waals surface area contributed by atoms with E-state index in [1.54, 1.807) is 28.0 Å². The Balaban J connectivity index is 1.65. The molecule has 1 aliphatic heterocycles. The second kappa shape index (κ2) is 8.81. The van der Waals surface area contributed by atoms with Crippen LogP contribution in [-0.2, 0) is 18.7 Å². The third-order valence-corrected chi connectivity index (χ3v) is 8.07. The average Bonchev–Trinajstić information content (AvgIpc) is 3.17. The lowest BCUT2D eigenvalue weighted by Crippen LogP contribution is -2.30. The summed E-state index contributed by atoms with van der Waals surface area (Å²) in [5.41, 5.74) is 3.64. The zero-order valence-corrected chi connectivity index (χ0v) is 19.7. The standard InChI is InChI=1S/C25H24FN3OS2/c1-3-28-13-12-19-21(14-28)32-23-22(19)24(30)29(18-10-8-16(2)9-11-18)25(27-23)31-15-17-6-4-5-7-20(17)26/h4-11H,3,12-15H2,1-2H3. The minimum absolute atomic E-state index is 0.0302. The number of rotatable bonds is 5. The lowest BCUT2D eigenvalue weighted by molar-refractivity contribution is 0.272. The van der Waals surface area contributed by atoms with Gasteiger partial charge < -0.3 is 0 Å². The molecular weight excluding hydrogens is 441 g/mol. The Kier molecular flexibility index (Phi) is 5.88. The van der Waals surface area contributed by atoms with Crippen LogP contribution in [0.25, 0.3) is 15.9 Å². The van der Waals surface area contributed by atoms with Crippen LogP contribution >= 0.6 is 23.1 Å². The number of halogens is 1. The number of aryl methyl sites for hydroxylation is 1. The lowest BCUT2D eigenvalue weighted by Gasteiger charge is -2.25. The maximum absolute atomic E-state index is 14.2. The van der Waals surface area contributed by atoms with Gasteiger partial charge in [0.25, 0.3) is 5.56 Å². The quantitative estimate of drug-likeness (QED) is 0.285. The number of thioether (sulfide) groups is 1. The number of fused-ring (bicyclic) bond motifs is 3. The van der Waals surface area contributed by atoms with Crippen LogP contribution in [0.5, 0.6) is 0 Å². The number of thiophene rings is 1. The van der Waals surface area contributed by atoms with Crippen LogP contribution in [0.3, 0.4) is 0 Å². The van der Waals surface area contributed by atoms with Gasteiger partial charge in [-0.25, -0.2) is 9.37 Å². The van der Waals surface area contributed by atoms with Crippen molar-refractivity contribution in [2.24, 2.45) is 0 Å². The predicted octanol–water partition coefficient (Wildman–Crippen LogP) is 5.57. The highest BCUT2D eigenvalue weighted by Gasteiger charge is 2.25. The third-order valence-electron chi connectivity index (χ3n) is 5.98. The molecule has 0 atom stereocenters. The van der Waals surface area contributed by atoms with E-state index >= 15 is 0 Å². The minimum atomic E-state index is -0.239. The molecule has 0 unspecified atom stereocenters. The maximum Gasteiger partial charge on any atom is 0.267 e. The highest BCUT2D eigenvalue weighted by molar-refractivity contribution is 7.98. The molecule has 4 nitrogen and oxygen atoms in total. The van der Waals surface area contributed by atoms with E-state index in [9.17, 15) is 9.18 Å². The first-order chi connectivity index (χ1) is 15.5. The van der Waals surface area contributed by atoms with Gasteiger partial charge in [-0.15, -0.1) is 11.3 Å². The number of likely N-dealkylation sites (N-methyl/N-ethyl adjacent to an activating group) is 1. The zero-order chi connectivity index (χ0) is 22.2. The van der Waals surface area contributed by atoms with Crippen LogP contribution in [0.4, 0.5) is 4.39 Å². The molecule has 4 aromatic rings. The fourth-order valence-electron chi connectivity index (χ4n) is 4.12. The van der Waals surface area contributed by atoms with Gasteiger partial charge in [-0.05, 0) is 49.2 Å². The fourth-order valence-corrected chi connectivity index (χ4v) is 6.43. The van der Waals surface area contributed by atoms with Gasteiger partial charge in [0, 0.05) is 23.7 Å². The third kappa shape index (κ3) is 3.89. The maximum atomic E-state index is 14.2. The SMILES string of the molecule is CCN1CCc2c(sc3nc(SCc4ccccc4F)n(-c4ccc(C)cc4)c(=O)c23)C1. The summed E-state index contributed by atoms with van der Waals surface area (Å²) < 4.78 is 15.9. The monoisotopic (exact) mass is 465 g/mol. The van der Waals surface area contributed by atoms with E-state index in [1.165, 1.54) is 22.7 Å². The van der Waals surface area contributed by atoms with E-state index in [0.717, 1.165) is 53.1 Å². The molecule has 3 heterocycles. The Bertz CT molecular complexity index is 1340. The highest BCUT2D eigenvalue weighted by atomic mass is 32.2. The molecular formula is C25H24FN3OS2. The van der Waals surface area contributed by atoms with E-state index in [0.29, 0.717) is 16.5 Å². The number of nitrogens with zero attached hydrogens (tertiary/aromatic N) is 3. The highest BCUT2D eigenvalue weighted by Crippen LogP contribution is 2.35. The normalized spacial score (nSPS) is 14.1. The van der Waals surface area contributed by atoms with Gasteiger partial charge in [0.1, 0.15) is 10.6 Å². The summed E-state index contributed by atoms with van der Waals surface area (Å²) in [6, 6.07) is 14.7. The molecule has 32 heavy (non-hydrogen) atoms. The average molecular weight is 466 g/mol. The van der Waals surface area contributed by atoms with Gasteiger partial charge in [-0.2, -0.15) is 0 Å². The smallest absolute Gasteiger partial charge is 0.267 e. The van der Waals surface area contributed by atoms with Crippen molar-refractivity contribution in [3.63, 3.8) is 0 Å². The molecule has 0 aliphatic carbocycles. The van der Waals surface area contributed by atoms with Crippen molar-refractivity contribution < 1.29 is 4.39 Å². The molecule has 0 N–H and O–H groups in total. The van der Waals surface area contributed by atoms with Crippen LogP contribution in [0.15, 0.2) is 58.5 Å². The first-order valence-electron chi connectivity index (χ1n) is 10.8. The van der Waals surface area contributed by atoms with E-state index in [2.05, 4.69) is 11.8 Å². The van der Waals surface area contributed by atoms with Crippen LogP contribution in [-0.4, -0.2) is 27.5 Å². The topological polar surface area (TPSA) is 38.1 Å².